The van der Waals surface area contributed by atoms with Crippen molar-refractivity contribution in [2.75, 3.05) is 13.2 Å². The van der Waals surface area contributed by atoms with Crippen LogP contribution in [0.25, 0.3) is 0 Å². The maximum absolute atomic E-state index is 12.5. The standard InChI is InChI=1S/C57H112O5/c1-5-9-13-17-29-37-45-53(43-35-15-11-7-3)51-61-56(59)49-41-33-27-23-19-21-25-31-39-47-55(58)48-40-32-26-22-20-24-28-34-42-50-57(60)62-52-54(44-36-16-12-8-4)46-38-30-18-14-10-6-2/h53-55,58H,5-52H2,1-4H3. The fourth-order valence-electron chi connectivity index (χ4n) is 9.25. The van der Waals surface area contributed by atoms with Crippen LogP contribution >= 0.6 is 0 Å². The van der Waals surface area contributed by atoms with Crippen LogP contribution in [0.3, 0.4) is 0 Å². The summed E-state index contributed by atoms with van der Waals surface area (Å²) in [5.74, 6) is 1.15. The molecule has 0 aliphatic rings. The second-order valence-electron chi connectivity index (χ2n) is 20.0. The highest BCUT2D eigenvalue weighted by Crippen LogP contribution is 2.22. The average Bonchev–Trinajstić information content (AvgIpc) is 3.27. The van der Waals surface area contributed by atoms with Crippen molar-refractivity contribution in [1.29, 1.82) is 0 Å². The summed E-state index contributed by atoms with van der Waals surface area (Å²) < 4.78 is 11.6. The minimum atomic E-state index is -0.123. The third-order valence-electron chi connectivity index (χ3n) is 13.7. The molecular weight excluding hydrogens is 765 g/mol. The quantitative estimate of drug-likeness (QED) is 0.0487. The highest BCUT2D eigenvalue weighted by molar-refractivity contribution is 5.69. The van der Waals surface area contributed by atoms with Gasteiger partial charge < -0.3 is 14.6 Å². The van der Waals surface area contributed by atoms with E-state index in [1.165, 1.54) is 231 Å². The Labute approximate surface area is 389 Å². The molecule has 0 amide bonds. The number of esters is 2. The number of carbonyl (C=O) groups excluding carboxylic acids is 2. The minimum absolute atomic E-state index is 0.0216. The number of unbranched alkanes of at least 4 members (excludes halogenated alkanes) is 32. The van der Waals surface area contributed by atoms with Gasteiger partial charge in [-0.3, -0.25) is 9.59 Å². The fourth-order valence-corrected chi connectivity index (χ4v) is 9.25. The van der Waals surface area contributed by atoms with Gasteiger partial charge in [0.2, 0.25) is 0 Å². The number of carbonyl (C=O) groups is 2. The summed E-state index contributed by atoms with van der Waals surface area (Å²) in [5.41, 5.74) is 0. The molecule has 0 saturated carbocycles. The van der Waals surface area contributed by atoms with Gasteiger partial charge in [0.05, 0.1) is 19.3 Å². The Morgan fingerprint density at radius 2 is 0.516 bits per heavy atom. The van der Waals surface area contributed by atoms with Gasteiger partial charge in [-0.2, -0.15) is 0 Å². The molecule has 0 rings (SSSR count). The van der Waals surface area contributed by atoms with Gasteiger partial charge in [0, 0.05) is 12.8 Å². The first-order chi connectivity index (χ1) is 30.5. The lowest BCUT2D eigenvalue weighted by Crippen LogP contribution is -2.14. The normalized spacial score (nSPS) is 13.0. The maximum Gasteiger partial charge on any atom is 0.305 e. The van der Waals surface area contributed by atoms with Gasteiger partial charge in [-0.05, 0) is 63.2 Å². The van der Waals surface area contributed by atoms with Crippen molar-refractivity contribution in [3.63, 3.8) is 0 Å². The van der Waals surface area contributed by atoms with Crippen molar-refractivity contribution < 1.29 is 24.2 Å². The summed E-state index contributed by atoms with van der Waals surface area (Å²) in [6, 6.07) is 0. The monoisotopic (exact) mass is 877 g/mol. The number of rotatable bonds is 52. The van der Waals surface area contributed by atoms with E-state index < -0.39 is 0 Å². The van der Waals surface area contributed by atoms with Crippen LogP contribution in [0.4, 0.5) is 0 Å². The van der Waals surface area contributed by atoms with Crippen molar-refractivity contribution >= 4 is 11.9 Å². The van der Waals surface area contributed by atoms with Gasteiger partial charge in [0.25, 0.3) is 0 Å². The smallest absolute Gasteiger partial charge is 0.305 e. The van der Waals surface area contributed by atoms with Gasteiger partial charge in [-0.25, -0.2) is 0 Å². The van der Waals surface area contributed by atoms with Crippen molar-refractivity contribution in [2.45, 2.75) is 329 Å². The summed E-state index contributed by atoms with van der Waals surface area (Å²) in [4.78, 5) is 24.9. The molecular formula is C57H112O5. The third kappa shape index (κ3) is 46.9. The number of hydrogen-bond donors (Lipinski definition) is 1. The van der Waals surface area contributed by atoms with Crippen LogP contribution in [0, 0.1) is 11.8 Å². The minimum Gasteiger partial charge on any atom is -0.465 e. The van der Waals surface area contributed by atoms with Gasteiger partial charge >= 0.3 is 11.9 Å². The predicted molar refractivity (Wildman–Crippen MR) is 270 cm³/mol. The Bertz CT molecular complexity index is 820. The Balaban J connectivity index is 3.69. The first-order valence-corrected chi connectivity index (χ1v) is 28.5. The highest BCUT2D eigenvalue weighted by Gasteiger charge is 2.14. The van der Waals surface area contributed by atoms with Crippen molar-refractivity contribution in [1.82, 2.24) is 0 Å². The molecule has 0 aromatic heterocycles. The molecule has 62 heavy (non-hydrogen) atoms. The van der Waals surface area contributed by atoms with Crippen molar-refractivity contribution in [3.05, 3.63) is 0 Å². The topological polar surface area (TPSA) is 72.8 Å². The lowest BCUT2D eigenvalue weighted by Gasteiger charge is -2.17. The molecule has 0 aliphatic carbocycles. The van der Waals surface area contributed by atoms with E-state index >= 15 is 0 Å². The third-order valence-corrected chi connectivity index (χ3v) is 13.7. The van der Waals surface area contributed by atoms with E-state index in [1.807, 2.05) is 0 Å². The lowest BCUT2D eigenvalue weighted by atomic mass is 9.95. The molecule has 0 aromatic carbocycles. The largest absolute Gasteiger partial charge is 0.465 e. The second-order valence-corrected chi connectivity index (χ2v) is 20.0. The molecule has 0 bridgehead atoms. The van der Waals surface area contributed by atoms with Crippen LogP contribution in [0.2, 0.25) is 0 Å². The summed E-state index contributed by atoms with van der Waals surface area (Å²) in [5, 5.41) is 10.5. The summed E-state index contributed by atoms with van der Waals surface area (Å²) in [7, 11) is 0. The first-order valence-electron chi connectivity index (χ1n) is 28.5. The SMILES string of the molecule is CCCCCCCCC(CCCCCC)COC(=O)CCCCCCCCCCCC(O)CCCCCCCCCCCC(=O)OCC(CCCCCC)CCCCCCCC. The second kappa shape index (κ2) is 50.9. The Morgan fingerprint density at radius 1 is 0.306 bits per heavy atom. The molecule has 0 heterocycles. The molecule has 0 aliphatic heterocycles. The first kappa shape index (κ1) is 60.9. The van der Waals surface area contributed by atoms with Crippen LogP contribution in [0.5, 0.6) is 0 Å². The summed E-state index contributed by atoms with van der Waals surface area (Å²) in [6.45, 7) is 10.4. The van der Waals surface area contributed by atoms with E-state index in [4.69, 9.17) is 9.47 Å². The Morgan fingerprint density at radius 3 is 0.790 bits per heavy atom. The molecule has 2 atom stereocenters. The fraction of sp³-hybridized carbons (Fsp3) is 0.965. The summed E-state index contributed by atoms with van der Waals surface area (Å²) in [6.07, 6.45) is 55.9. The summed E-state index contributed by atoms with van der Waals surface area (Å²) >= 11 is 0. The maximum atomic E-state index is 12.5. The van der Waals surface area contributed by atoms with Crippen LogP contribution in [-0.4, -0.2) is 36.4 Å². The molecule has 370 valence electrons. The van der Waals surface area contributed by atoms with Gasteiger partial charge in [0.15, 0.2) is 0 Å². The van der Waals surface area contributed by atoms with E-state index in [0.717, 1.165) is 51.4 Å². The molecule has 5 heteroatoms. The molecule has 2 unspecified atom stereocenters. The van der Waals surface area contributed by atoms with E-state index in [2.05, 4.69) is 27.7 Å². The zero-order valence-corrected chi connectivity index (χ0v) is 42.8. The van der Waals surface area contributed by atoms with Gasteiger partial charge in [0.1, 0.15) is 0 Å². The van der Waals surface area contributed by atoms with Crippen LogP contribution < -0.4 is 0 Å². The van der Waals surface area contributed by atoms with Crippen LogP contribution in [0.15, 0.2) is 0 Å². The Hall–Kier alpha value is -1.10. The Kier molecular flexibility index (Phi) is 50.0. The molecule has 0 spiro atoms. The van der Waals surface area contributed by atoms with E-state index in [0.29, 0.717) is 37.9 Å². The van der Waals surface area contributed by atoms with Crippen molar-refractivity contribution in [3.8, 4) is 0 Å². The number of aliphatic hydroxyl groups is 1. The average molecular weight is 878 g/mol. The van der Waals surface area contributed by atoms with E-state index in [1.54, 1.807) is 0 Å². The molecule has 0 saturated heterocycles. The van der Waals surface area contributed by atoms with Gasteiger partial charge in [-0.1, -0.05) is 259 Å². The highest BCUT2D eigenvalue weighted by atomic mass is 16.5. The molecule has 5 nitrogen and oxygen atoms in total. The zero-order chi connectivity index (χ0) is 45.2. The van der Waals surface area contributed by atoms with Crippen molar-refractivity contribution in [2.24, 2.45) is 11.8 Å². The number of hydrogen-bond acceptors (Lipinski definition) is 5. The predicted octanol–water partition coefficient (Wildman–Crippen LogP) is 18.7. The van der Waals surface area contributed by atoms with E-state index in [-0.39, 0.29) is 18.0 Å². The molecule has 0 radical (unpaired) electrons. The van der Waals surface area contributed by atoms with Crippen LogP contribution in [0.1, 0.15) is 323 Å². The molecule has 1 N–H and O–H groups in total. The van der Waals surface area contributed by atoms with Crippen LogP contribution in [-0.2, 0) is 19.1 Å². The number of aliphatic hydroxyl groups excluding tert-OH is 1. The molecule has 0 aromatic rings. The van der Waals surface area contributed by atoms with Gasteiger partial charge in [-0.15, -0.1) is 0 Å². The van der Waals surface area contributed by atoms with E-state index in [9.17, 15) is 14.7 Å². The zero-order valence-electron chi connectivity index (χ0n) is 42.8. The lowest BCUT2D eigenvalue weighted by molar-refractivity contribution is -0.146. The number of ether oxygens (including phenoxy) is 2. The molecule has 0 fully saturated rings.